The quantitative estimate of drug-likeness (QED) is 0.780. The number of pyridine rings is 1. The molecular weight excluding hydrogens is 210 g/mol. The zero-order valence-electron chi connectivity index (χ0n) is 11.0. The first-order chi connectivity index (χ1) is 8.29. The van der Waals surface area contributed by atoms with Gasteiger partial charge in [0, 0.05) is 11.8 Å². The number of rotatable bonds is 4. The summed E-state index contributed by atoms with van der Waals surface area (Å²) in [6, 6.07) is 4.02. The molecule has 2 rings (SSSR count). The largest absolute Gasteiger partial charge is 0.474 e. The first kappa shape index (κ1) is 12.4. The Labute approximate surface area is 104 Å². The van der Waals surface area contributed by atoms with Crippen molar-refractivity contribution < 1.29 is 4.74 Å². The molecule has 1 aromatic rings. The second-order valence-corrected chi connectivity index (χ2v) is 5.17. The molecule has 1 aliphatic rings. The molecule has 0 amide bonds. The van der Waals surface area contributed by atoms with Crippen molar-refractivity contribution in [3.8, 4) is 5.88 Å². The minimum absolute atomic E-state index is 0.386. The summed E-state index contributed by atoms with van der Waals surface area (Å²) in [5.41, 5.74) is 1.14. The number of nitrogens with zero attached hydrogens (tertiary/aromatic N) is 1. The van der Waals surface area contributed by atoms with Crippen LogP contribution in [0, 0.1) is 12.8 Å². The molecule has 1 heterocycles. The van der Waals surface area contributed by atoms with Crippen LogP contribution < -0.4 is 4.74 Å². The van der Waals surface area contributed by atoms with Gasteiger partial charge in [-0.1, -0.05) is 25.8 Å². The van der Waals surface area contributed by atoms with E-state index in [1.165, 1.54) is 38.5 Å². The predicted octanol–water partition coefficient (Wildman–Crippen LogP) is 4.13. The van der Waals surface area contributed by atoms with Crippen molar-refractivity contribution in [3.63, 3.8) is 0 Å². The van der Waals surface area contributed by atoms with E-state index in [-0.39, 0.29) is 0 Å². The highest BCUT2D eigenvalue weighted by Crippen LogP contribution is 2.30. The Morgan fingerprint density at radius 2 is 2.06 bits per heavy atom. The zero-order chi connectivity index (χ0) is 12.1. The summed E-state index contributed by atoms with van der Waals surface area (Å²) < 4.78 is 6.00. The van der Waals surface area contributed by atoms with Crippen LogP contribution in [0.2, 0.25) is 0 Å². The van der Waals surface area contributed by atoms with Gasteiger partial charge in [0.1, 0.15) is 6.10 Å². The first-order valence-electron chi connectivity index (χ1n) is 6.88. The van der Waals surface area contributed by atoms with Gasteiger partial charge in [-0.15, -0.1) is 0 Å². The SMILES string of the molecule is CCCC1CCC(Oc2ncccc2C)CC1. The van der Waals surface area contributed by atoms with Crippen LogP contribution in [0.3, 0.4) is 0 Å². The van der Waals surface area contributed by atoms with E-state index in [0.29, 0.717) is 6.10 Å². The fourth-order valence-electron chi connectivity index (χ4n) is 2.70. The lowest BCUT2D eigenvalue weighted by Gasteiger charge is -2.28. The number of aromatic nitrogens is 1. The van der Waals surface area contributed by atoms with Gasteiger partial charge in [-0.2, -0.15) is 0 Å². The Kier molecular flexibility index (Phi) is 4.41. The van der Waals surface area contributed by atoms with Crippen molar-refractivity contribution >= 4 is 0 Å². The monoisotopic (exact) mass is 233 g/mol. The number of ether oxygens (including phenoxy) is 1. The van der Waals surface area contributed by atoms with Crippen LogP contribution >= 0.6 is 0 Å². The van der Waals surface area contributed by atoms with Crippen LogP contribution in [0.4, 0.5) is 0 Å². The molecule has 0 radical (unpaired) electrons. The summed E-state index contributed by atoms with van der Waals surface area (Å²) in [6.07, 6.45) is 9.93. The summed E-state index contributed by atoms with van der Waals surface area (Å²) in [7, 11) is 0. The van der Waals surface area contributed by atoms with Crippen molar-refractivity contribution in [2.75, 3.05) is 0 Å². The Morgan fingerprint density at radius 1 is 1.29 bits per heavy atom. The number of aryl methyl sites for hydroxylation is 1. The van der Waals surface area contributed by atoms with Crippen LogP contribution in [0.25, 0.3) is 0 Å². The fourth-order valence-corrected chi connectivity index (χ4v) is 2.70. The van der Waals surface area contributed by atoms with Gasteiger partial charge in [0.2, 0.25) is 5.88 Å². The highest BCUT2D eigenvalue weighted by Gasteiger charge is 2.22. The van der Waals surface area contributed by atoms with Crippen LogP contribution in [-0.2, 0) is 0 Å². The van der Waals surface area contributed by atoms with E-state index in [1.54, 1.807) is 0 Å². The summed E-state index contributed by atoms with van der Waals surface area (Å²) >= 11 is 0. The number of hydrogen-bond acceptors (Lipinski definition) is 2. The molecule has 17 heavy (non-hydrogen) atoms. The molecule has 0 atom stereocenters. The van der Waals surface area contributed by atoms with Crippen molar-refractivity contribution in [2.45, 2.75) is 58.5 Å². The molecule has 0 bridgehead atoms. The van der Waals surface area contributed by atoms with Crippen molar-refractivity contribution in [2.24, 2.45) is 5.92 Å². The maximum Gasteiger partial charge on any atom is 0.216 e. The van der Waals surface area contributed by atoms with E-state index < -0.39 is 0 Å². The third-order valence-corrected chi connectivity index (χ3v) is 3.73. The second kappa shape index (κ2) is 6.04. The van der Waals surface area contributed by atoms with Gasteiger partial charge < -0.3 is 4.74 Å². The van der Waals surface area contributed by atoms with Gasteiger partial charge in [0.05, 0.1) is 0 Å². The molecule has 0 spiro atoms. The molecule has 0 unspecified atom stereocenters. The average molecular weight is 233 g/mol. The Bertz CT molecular complexity index is 343. The van der Waals surface area contributed by atoms with E-state index in [9.17, 15) is 0 Å². The smallest absolute Gasteiger partial charge is 0.216 e. The van der Waals surface area contributed by atoms with Gasteiger partial charge in [0.15, 0.2) is 0 Å². The van der Waals surface area contributed by atoms with E-state index in [2.05, 4.69) is 24.9 Å². The van der Waals surface area contributed by atoms with Crippen molar-refractivity contribution in [3.05, 3.63) is 23.9 Å². The second-order valence-electron chi connectivity index (χ2n) is 5.17. The van der Waals surface area contributed by atoms with Gasteiger partial charge in [0.25, 0.3) is 0 Å². The van der Waals surface area contributed by atoms with Crippen molar-refractivity contribution in [1.29, 1.82) is 0 Å². The van der Waals surface area contributed by atoms with Gasteiger partial charge in [-0.3, -0.25) is 0 Å². The van der Waals surface area contributed by atoms with Crippen molar-refractivity contribution in [1.82, 2.24) is 4.98 Å². The summed E-state index contributed by atoms with van der Waals surface area (Å²) in [5, 5.41) is 0. The van der Waals surface area contributed by atoms with Gasteiger partial charge in [-0.05, 0) is 44.6 Å². The molecular formula is C15H23NO. The molecule has 1 aliphatic carbocycles. The maximum absolute atomic E-state index is 6.00. The first-order valence-corrected chi connectivity index (χ1v) is 6.88. The van der Waals surface area contributed by atoms with Crippen LogP contribution in [0.1, 0.15) is 51.0 Å². The maximum atomic E-state index is 6.00. The van der Waals surface area contributed by atoms with E-state index in [0.717, 1.165) is 17.4 Å². The molecule has 2 heteroatoms. The molecule has 1 aromatic heterocycles. The molecule has 94 valence electrons. The highest BCUT2D eigenvalue weighted by atomic mass is 16.5. The third kappa shape index (κ3) is 3.45. The fraction of sp³-hybridized carbons (Fsp3) is 0.667. The minimum Gasteiger partial charge on any atom is -0.474 e. The molecule has 1 fully saturated rings. The van der Waals surface area contributed by atoms with Crippen LogP contribution in [0.15, 0.2) is 18.3 Å². The Hall–Kier alpha value is -1.05. The summed E-state index contributed by atoms with van der Waals surface area (Å²) in [6.45, 7) is 4.34. The number of hydrogen-bond donors (Lipinski definition) is 0. The molecule has 0 saturated heterocycles. The summed E-state index contributed by atoms with van der Waals surface area (Å²) in [5.74, 6) is 1.76. The molecule has 2 nitrogen and oxygen atoms in total. The molecule has 1 saturated carbocycles. The van der Waals surface area contributed by atoms with Crippen LogP contribution in [-0.4, -0.2) is 11.1 Å². The average Bonchev–Trinajstić information content (AvgIpc) is 2.35. The van der Waals surface area contributed by atoms with E-state index in [4.69, 9.17) is 4.74 Å². The van der Waals surface area contributed by atoms with E-state index >= 15 is 0 Å². The Balaban J connectivity index is 1.84. The minimum atomic E-state index is 0.386. The normalized spacial score (nSPS) is 24.6. The standard InChI is InChI=1S/C15H23NO/c1-3-5-13-7-9-14(10-8-13)17-15-12(2)6-4-11-16-15/h4,6,11,13-14H,3,5,7-10H2,1-2H3. The van der Waals surface area contributed by atoms with Gasteiger partial charge >= 0.3 is 0 Å². The molecule has 0 aliphatic heterocycles. The molecule has 0 N–H and O–H groups in total. The topological polar surface area (TPSA) is 22.1 Å². The Morgan fingerprint density at radius 3 is 2.71 bits per heavy atom. The zero-order valence-corrected chi connectivity index (χ0v) is 11.0. The lowest BCUT2D eigenvalue weighted by atomic mass is 9.85. The summed E-state index contributed by atoms with van der Waals surface area (Å²) in [4.78, 5) is 4.31. The van der Waals surface area contributed by atoms with Crippen LogP contribution in [0.5, 0.6) is 5.88 Å². The lowest BCUT2D eigenvalue weighted by molar-refractivity contribution is 0.122. The highest BCUT2D eigenvalue weighted by molar-refractivity contribution is 5.23. The van der Waals surface area contributed by atoms with Gasteiger partial charge in [-0.25, -0.2) is 4.98 Å². The predicted molar refractivity (Wildman–Crippen MR) is 70.3 cm³/mol. The lowest BCUT2D eigenvalue weighted by Crippen LogP contribution is -2.24. The molecule has 0 aromatic carbocycles. The van der Waals surface area contributed by atoms with E-state index in [1.807, 2.05) is 12.3 Å². The third-order valence-electron chi connectivity index (χ3n) is 3.73.